The lowest BCUT2D eigenvalue weighted by atomic mass is 9.83. The van der Waals surface area contributed by atoms with Crippen LogP contribution in [0.2, 0.25) is 0 Å². The Morgan fingerprint density at radius 2 is 1.82 bits per heavy atom. The topological polar surface area (TPSA) is 183 Å². The molecule has 0 fully saturated rings. The number of aryl methyl sites for hydroxylation is 1. The molecule has 1 aliphatic rings. The fourth-order valence-electron chi connectivity index (χ4n) is 4.44. The van der Waals surface area contributed by atoms with Crippen LogP contribution in [0, 0.1) is 11.3 Å². The Balaban J connectivity index is 1.41. The van der Waals surface area contributed by atoms with Crippen molar-refractivity contribution >= 4 is 46.8 Å². The molecule has 1 unspecified atom stereocenters. The van der Waals surface area contributed by atoms with E-state index in [1.54, 1.807) is 47.8 Å². The maximum atomic E-state index is 13.3. The average Bonchev–Trinajstić information content (AvgIpc) is 3.36. The highest BCUT2D eigenvalue weighted by Crippen LogP contribution is 2.31. The van der Waals surface area contributed by atoms with Crippen molar-refractivity contribution in [3.05, 3.63) is 81.0 Å². The maximum Gasteiger partial charge on any atom is 0.345 e. The zero-order valence-electron chi connectivity index (χ0n) is 20.7. The quantitative estimate of drug-likeness (QED) is 0.116. The molecule has 0 saturated carbocycles. The number of fused-ring (bicyclic) bond motifs is 1. The molecule has 202 valence electrons. The van der Waals surface area contributed by atoms with Gasteiger partial charge in [0, 0.05) is 18.2 Å². The third-order valence-electron chi connectivity index (χ3n) is 6.24. The number of amides is 1. The number of hydrogen-bond donors (Lipinski definition) is 5. The minimum Gasteiger partial charge on any atom is -0.480 e. The van der Waals surface area contributed by atoms with E-state index in [0.717, 1.165) is 22.5 Å². The van der Waals surface area contributed by atoms with Crippen LogP contribution in [0.5, 0.6) is 5.75 Å². The summed E-state index contributed by atoms with van der Waals surface area (Å²) in [5.74, 6) is -3.34. The zero-order valence-corrected chi connectivity index (χ0v) is 21.5. The van der Waals surface area contributed by atoms with Gasteiger partial charge < -0.3 is 30.9 Å². The van der Waals surface area contributed by atoms with Crippen LogP contribution in [0.1, 0.15) is 43.1 Å². The summed E-state index contributed by atoms with van der Waals surface area (Å²) < 4.78 is 5.52. The van der Waals surface area contributed by atoms with E-state index in [-0.39, 0.29) is 23.3 Å². The molecule has 0 aliphatic heterocycles. The van der Waals surface area contributed by atoms with E-state index in [0.29, 0.717) is 41.8 Å². The molecule has 39 heavy (non-hydrogen) atoms. The predicted molar refractivity (Wildman–Crippen MR) is 143 cm³/mol. The number of nitrogens with two attached hydrogens (primary N) is 1. The van der Waals surface area contributed by atoms with Gasteiger partial charge in [0.05, 0.1) is 5.56 Å². The molecule has 6 N–H and O–H groups in total. The second-order valence-corrected chi connectivity index (χ2v) is 10.00. The van der Waals surface area contributed by atoms with Crippen molar-refractivity contribution in [2.45, 2.75) is 25.8 Å². The number of nitrogens with one attached hydrogen (secondary N) is 2. The number of nitrogens with zero attached hydrogens (tertiary/aromatic N) is 1. The Labute approximate surface area is 227 Å². The van der Waals surface area contributed by atoms with E-state index in [1.807, 2.05) is 0 Å². The van der Waals surface area contributed by atoms with Crippen molar-refractivity contribution in [1.29, 1.82) is 5.41 Å². The van der Waals surface area contributed by atoms with E-state index in [2.05, 4.69) is 5.32 Å². The van der Waals surface area contributed by atoms with Crippen molar-refractivity contribution in [3.63, 3.8) is 0 Å². The van der Waals surface area contributed by atoms with Crippen molar-refractivity contribution in [3.8, 4) is 5.75 Å². The molecule has 1 amide bonds. The Morgan fingerprint density at radius 1 is 1.08 bits per heavy atom. The maximum absolute atomic E-state index is 13.3. The first-order valence-corrected chi connectivity index (χ1v) is 12.8. The average molecular weight is 551 g/mol. The molecule has 0 radical (unpaired) electrons. The largest absolute Gasteiger partial charge is 0.480 e. The van der Waals surface area contributed by atoms with E-state index < -0.39 is 30.4 Å². The minimum absolute atomic E-state index is 0.0129. The van der Waals surface area contributed by atoms with E-state index in [4.69, 9.17) is 21.0 Å². The minimum atomic E-state index is -1.15. The van der Waals surface area contributed by atoms with E-state index >= 15 is 0 Å². The molecule has 1 aromatic heterocycles. The standard InChI is InChI=1S/C27H26N4O7S/c28-27(29)30-20-6-3-16(4-7-20)26(37)38-21-8-5-17-10-19(2-1-18(17)11-21)24(34)31(13-23(32)33)12-15-9-22(25(35)36)39-14-15/h3-9,11,14,19H,1-2,10,12-13H2,(H,32,33)(H,35,36)(H4,28,29,30). The third-order valence-corrected chi connectivity index (χ3v) is 7.21. The Bertz CT molecular complexity index is 1430. The van der Waals surface area contributed by atoms with Crippen molar-refractivity contribution < 1.29 is 34.1 Å². The molecule has 0 saturated heterocycles. The number of anilines is 1. The highest BCUT2D eigenvalue weighted by Gasteiger charge is 2.30. The van der Waals surface area contributed by atoms with Crippen LogP contribution in [-0.4, -0.2) is 51.4 Å². The summed E-state index contributed by atoms with van der Waals surface area (Å²) in [7, 11) is 0. The molecule has 3 aromatic rings. The number of carbonyl (C=O) groups excluding carboxylic acids is 2. The summed E-state index contributed by atoms with van der Waals surface area (Å²) in [5.41, 5.74) is 8.62. The van der Waals surface area contributed by atoms with Crippen molar-refractivity contribution in [2.75, 3.05) is 11.9 Å². The van der Waals surface area contributed by atoms with Crippen molar-refractivity contribution in [2.24, 2.45) is 11.7 Å². The number of carboxylic acid groups (broad SMARTS) is 2. The van der Waals surface area contributed by atoms with Crippen LogP contribution in [0.3, 0.4) is 0 Å². The number of esters is 1. The second kappa shape index (κ2) is 11.8. The van der Waals surface area contributed by atoms with E-state index in [9.17, 15) is 24.3 Å². The Morgan fingerprint density at radius 3 is 2.46 bits per heavy atom. The summed E-state index contributed by atoms with van der Waals surface area (Å²) >= 11 is 1.03. The number of carboxylic acids is 2. The highest BCUT2D eigenvalue weighted by molar-refractivity contribution is 7.12. The molecule has 11 nitrogen and oxygen atoms in total. The number of aliphatic carboxylic acids is 1. The number of thiophene rings is 1. The van der Waals surface area contributed by atoms with Crippen LogP contribution in [-0.2, 0) is 29.0 Å². The summed E-state index contributed by atoms with van der Waals surface area (Å²) in [4.78, 5) is 49.9. The van der Waals surface area contributed by atoms with Crippen molar-refractivity contribution in [1.82, 2.24) is 4.90 Å². The summed E-state index contributed by atoms with van der Waals surface area (Å²) in [6, 6.07) is 13.0. The van der Waals surface area contributed by atoms with Crippen LogP contribution < -0.4 is 15.8 Å². The van der Waals surface area contributed by atoms with Crippen LogP contribution in [0.15, 0.2) is 53.9 Å². The van der Waals surface area contributed by atoms with Gasteiger partial charge in [0.15, 0.2) is 5.96 Å². The molecule has 1 heterocycles. The number of carbonyl (C=O) groups is 4. The van der Waals surface area contributed by atoms with Gasteiger partial charge in [-0.1, -0.05) is 6.07 Å². The lowest BCUT2D eigenvalue weighted by molar-refractivity contribution is -0.147. The number of guanidine groups is 1. The number of hydrogen-bond acceptors (Lipinski definition) is 7. The van der Waals surface area contributed by atoms with Gasteiger partial charge in [-0.2, -0.15) is 0 Å². The molecular formula is C27H26N4O7S. The van der Waals surface area contributed by atoms with Gasteiger partial charge in [-0.15, -0.1) is 11.3 Å². The van der Waals surface area contributed by atoms with Gasteiger partial charge in [0.2, 0.25) is 5.91 Å². The summed E-state index contributed by atoms with van der Waals surface area (Å²) in [5, 5.41) is 30.0. The van der Waals surface area contributed by atoms with Gasteiger partial charge in [-0.05, 0) is 83.8 Å². The fourth-order valence-corrected chi connectivity index (χ4v) is 5.18. The molecule has 1 atom stereocenters. The first-order valence-electron chi connectivity index (χ1n) is 12.0. The first kappa shape index (κ1) is 27.3. The SMILES string of the molecule is N=C(N)Nc1ccc(C(=O)Oc2ccc3c(c2)CCC(C(=O)N(CC(=O)O)Cc2csc(C(=O)O)c2)C3)cc1. The third kappa shape index (κ3) is 6.99. The number of aromatic carboxylic acids is 1. The van der Waals surface area contributed by atoms with Gasteiger partial charge >= 0.3 is 17.9 Å². The Hall–Kier alpha value is -4.71. The monoisotopic (exact) mass is 550 g/mol. The second-order valence-electron chi connectivity index (χ2n) is 9.09. The normalized spacial score (nSPS) is 14.1. The van der Waals surface area contributed by atoms with Gasteiger partial charge in [0.1, 0.15) is 17.2 Å². The molecule has 12 heteroatoms. The van der Waals surface area contributed by atoms with E-state index in [1.165, 1.54) is 11.0 Å². The van der Waals surface area contributed by atoms with Crippen LogP contribution >= 0.6 is 11.3 Å². The smallest absolute Gasteiger partial charge is 0.345 e. The number of rotatable bonds is 9. The molecule has 0 bridgehead atoms. The molecule has 0 spiro atoms. The number of benzene rings is 2. The molecule has 1 aliphatic carbocycles. The molecule has 4 rings (SSSR count). The lowest BCUT2D eigenvalue weighted by Crippen LogP contribution is -2.40. The van der Waals surface area contributed by atoms with Gasteiger partial charge in [0.25, 0.3) is 0 Å². The van der Waals surface area contributed by atoms with Gasteiger partial charge in [-0.25, -0.2) is 9.59 Å². The number of ether oxygens (including phenoxy) is 1. The molecular weight excluding hydrogens is 524 g/mol. The zero-order chi connectivity index (χ0) is 28.1. The molecule has 2 aromatic carbocycles. The predicted octanol–water partition coefficient (Wildman–Crippen LogP) is 3.19. The fraction of sp³-hybridized carbons (Fsp3) is 0.222. The van der Waals surface area contributed by atoms with Gasteiger partial charge in [-0.3, -0.25) is 15.0 Å². The first-order chi connectivity index (χ1) is 18.6. The van der Waals surface area contributed by atoms with Crippen LogP contribution in [0.25, 0.3) is 0 Å². The van der Waals surface area contributed by atoms with Crippen LogP contribution in [0.4, 0.5) is 5.69 Å². The lowest BCUT2D eigenvalue weighted by Gasteiger charge is -2.29. The summed E-state index contributed by atoms with van der Waals surface area (Å²) in [6.45, 7) is -0.472. The Kier molecular flexibility index (Phi) is 8.25. The highest BCUT2D eigenvalue weighted by atomic mass is 32.1. The summed E-state index contributed by atoms with van der Waals surface area (Å²) in [6.07, 6.45) is 1.45.